The minimum atomic E-state index is -3.42. The summed E-state index contributed by atoms with van der Waals surface area (Å²) in [6.07, 6.45) is 4.28. The lowest BCUT2D eigenvalue weighted by Gasteiger charge is -2.38. The highest BCUT2D eigenvalue weighted by Crippen LogP contribution is 2.27. The first-order valence-corrected chi connectivity index (χ1v) is 14.9. The van der Waals surface area contributed by atoms with Gasteiger partial charge >= 0.3 is 0 Å². The van der Waals surface area contributed by atoms with Crippen LogP contribution >= 0.6 is 11.6 Å². The number of halogens is 1. The summed E-state index contributed by atoms with van der Waals surface area (Å²) in [5.41, 5.74) is 2.20. The molecule has 2 amide bonds. The van der Waals surface area contributed by atoms with Crippen LogP contribution in [0.1, 0.15) is 24.8 Å². The zero-order chi connectivity index (χ0) is 26.4. The molecule has 0 saturated carbocycles. The molecule has 2 saturated heterocycles. The van der Waals surface area contributed by atoms with Crippen molar-refractivity contribution in [2.45, 2.75) is 37.8 Å². The van der Waals surface area contributed by atoms with E-state index < -0.39 is 16.1 Å². The fraction of sp³-hybridized carbons (Fsp3) is 0.462. The second kappa shape index (κ2) is 12.1. The van der Waals surface area contributed by atoms with Gasteiger partial charge in [-0.05, 0) is 49.2 Å². The fourth-order valence-corrected chi connectivity index (χ4v) is 5.53. The normalized spacial score (nSPS) is 19.2. The van der Waals surface area contributed by atoms with Gasteiger partial charge in [-0.25, -0.2) is 8.42 Å². The Morgan fingerprint density at radius 3 is 2.41 bits per heavy atom. The van der Waals surface area contributed by atoms with Gasteiger partial charge in [0.05, 0.1) is 23.7 Å². The Balaban J connectivity index is 1.45. The van der Waals surface area contributed by atoms with Crippen molar-refractivity contribution in [2.24, 2.45) is 0 Å². The number of amides is 2. The monoisotopic (exact) mass is 547 g/mol. The van der Waals surface area contributed by atoms with Crippen LogP contribution in [-0.2, 0) is 26.0 Å². The van der Waals surface area contributed by atoms with E-state index in [4.69, 9.17) is 11.6 Å². The van der Waals surface area contributed by atoms with Gasteiger partial charge in [-0.15, -0.1) is 0 Å². The van der Waals surface area contributed by atoms with Crippen molar-refractivity contribution < 1.29 is 18.0 Å². The van der Waals surface area contributed by atoms with Crippen molar-refractivity contribution in [2.75, 3.05) is 48.6 Å². The minimum Gasteiger partial charge on any atom is -0.366 e. The summed E-state index contributed by atoms with van der Waals surface area (Å²) in [6.45, 7) is 2.80. The number of para-hydroxylation sites is 2. The second-order valence-corrected chi connectivity index (χ2v) is 11.8. The summed E-state index contributed by atoms with van der Waals surface area (Å²) in [4.78, 5) is 30.5. The van der Waals surface area contributed by atoms with E-state index in [-0.39, 0.29) is 17.9 Å². The molecule has 0 aliphatic carbocycles. The Labute approximate surface area is 223 Å². The molecule has 0 bridgehead atoms. The van der Waals surface area contributed by atoms with E-state index in [1.165, 1.54) is 0 Å². The molecule has 2 fully saturated rings. The molecule has 3 N–H and O–H groups in total. The Morgan fingerprint density at radius 1 is 1.05 bits per heavy atom. The highest BCUT2D eigenvalue weighted by Gasteiger charge is 2.31. The summed E-state index contributed by atoms with van der Waals surface area (Å²) in [5.74, 6) is -0.271. The summed E-state index contributed by atoms with van der Waals surface area (Å²) in [5, 5.41) is 6.87. The van der Waals surface area contributed by atoms with Crippen LogP contribution in [0.25, 0.3) is 0 Å². The van der Waals surface area contributed by atoms with Crippen molar-refractivity contribution >= 4 is 44.8 Å². The van der Waals surface area contributed by atoms with Crippen molar-refractivity contribution in [3.05, 3.63) is 59.1 Å². The molecule has 200 valence electrons. The zero-order valence-corrected chi connectivity index (χ0v) is 22.5. The first kappa shape index (κ1) is 27.2. The lowest BCUT2D eigenvalue weighted by Crippen LogP contribution is -2.58. The Kier molecular flexibility index (Phi) is 8.94. The molecule has 2 aliphatic rings. The number of hydrogen-bond acceptors (Lipinski definition) is 6. The van der Waals surface area contributed by atoms with Gasteiger partial charge < -0.3 is 20.4 Å². The average Bonchev–Trinajstić information content (AvgIpc) is 2.89. The molecule has 2 aromatic rings. The summed E-state index contributed by atoms with van der Waals surface area (Å²) < 4.78 is 26.2. The van der Waals surface area contributed by atoms with Crippen LogP contribution < -0.4 is 20.3 Å². The molecule has 2 aliphatic heterocycles. The van der Waals surface area contributed by atoms with E-state index in [2.05, 4.69) is 20.3 Å². The number of rotatable bonds is 8. The molecule has 2 atom stereocenters. The maximum Gasteiger partial charge on any atom is 0.245 e. The van der Waals surface area contributed by atoms with Crippen LogP contribution in [0, 0.1) is 0 Å². The number of nitrogens with one attached hydrogen (secondary N) is 3. The van der Waals surface area contributed by atoms with Crippen molar-refractivity contribution in [1.29, 1.82) is 0 Å². The number of hydrogen-bond donors (Lipinski definition) is 3. The van der Waals surface area contributed by atoms with Crippen molar-refractivity contribution in [1.82, 2.24) is 15.5 Å². The Bertz CT molecular complexity index is 1190. The standard InChI is InChI=1S/C26H34ClN5O4S/c1-37(35,36)30-21-6-2-3-8-24(21)31-14-16-32(17-15-31)26(34)23(18-19-9-11-20(27)12-10-19)29-25(33)22-7-4-5-13-28-22/h2-3,6,8-12,22-23,28,30H,4-5,7,13-18H2,1H3,(H,29,33). The van der Waals surface area contributed by atoms with E-state index in [9.17, 15) is 18.0 Å². The third kappa shape index (κ3) is 7.59. The topological polar surface area (TPSA) is 111 Å². The van der Waals surface area contributed by atoms with Gasteiger partial charge in [0.2, 0.25) is 21.8 Å². The van der Waals surface area contributed by atoms with Gasteiger partial charge in [-0.3, -0.25) is 14.3 Å². The highest BCUT2D eigenvalue weighted by atomic mass is 35.5. The maximum absolute atomic E-state index is 13.6. The van der Waals surface area contributed by atoms with E-state index in [1.807, 2.05) is 24.3 Å². The molecule has 37 heavy (non-hydrogen) atoms. The predicted octanol–water partition coefficient (Wildman–Crippen LogP) is 2.23. The zero-order valence-electron chi connectivity index (χ0n) is 21.0. The second-order valence-electron chi connectivity index (χ2n) is 9.60. The number of sulfonamides is 1. The van der Waals surface area contributed by atoms with Crippen LogP contribution in [0.5, 0.6) is 0 Å². The minimum absolute atomic E-state index is 0.124. The fourth-order valence-electron chi connectivity index (χ4n) is 4.83. The van der Waals surface area contributed by atoms with Crippen LogP contribution in [-0.4, -0.2) is 76.2 Å². The van der Waals surface area contributed by atoms with Crippen molar-refractivity contribution in [3.63, 3.8) is 0 Å². The lowest BCUT2D eigenvalue weighted by atomic mass is 10.0. The first-order chi connectivity index (χ1) is 17.7. The van der Waals surface area contributed by atoms with Gasteiger partial charge in [0, 0.05) is 37.6 Å². The quantitative estimate of drug-likeness (QED) is 0.467. The summed E-state index contributed by atoms with van der Waals surface area (Å²) in [6, 6.07) is 13.6. The van der Waals surface area contributed by atoms with E-state index in [1.54, 1.807) is 29.2 Å². The molecule has 2 heterocycles. The number of carbonyl (C=O) groups excluding carboxylic acids is 2. The highest BCUT2D eigenvalue weighted by molar-refractivity contribution is 7.92. The number of benzene rings is 2. The molecular weight excluding hydrogens is 514 g/mol. The van der Waals surface area contributed by atoms with Gasteiger partial charge in [-0.2, -0.15) is 0 Å². The average molecular weight is 548 g/mol. The molecule has 2 aromatic carbocycles. The van der Waals surface area contributed by atoms with Gasteiger partial charge in [0.25, 0.3) is 0 Å². The molecule has 2 unspecified atom stereocenters. The third-order valence-electron chi connectivity index (χ3n) is 6.73. The molecule has 0 aromatic heterocycles. The van der Waals surface area contributed by atoms with Crippen LogP contribution in [0.15, 0.2) is 48.5 Å². The van der Waals surface area contributed by atoms with E-state index in [0.717, 1.165) is 43.3 Å². The third-order valence-corrected chi connectivity index (χ3v) is 7.57. The molecule has 4 rings (SSSR count). The van der Waals surface area contributed by atoms with Gasteiger partial charge in [0.1, 0.15) is 6.04 Å². The smallest absolute Gasteiger partial charge is 0.245 e. The maximum atomic E-state index is 13.6. The molecule has 0 spiro atoms. The summed E-state index contributed by atoms with van der Waals surface area (Å²) >= 11 is 6.03. The number of anilines is 2. The van der Waals surface area contributed by atoms with Gasteiger partial charge in [-0.1, -0.05) is 42.3 Å². The van der Waals surface area contributed by atoms with Crippen LogP contribution in [0.3, 0.4) is 0 Å². The number of piperazine rings is 1. The van der Waals surface area contributed by atoms with Crippen LogP contribution in [0.4, 0.5) is 11.4 Å². The number of carbonyl (C=O) groups is 2. The molecular formula is C26H34ClN5O4S. The van der Waals surface area contributed by atoms with Gasteiger partial charge in [0.15, 0.2) is 0 Å². The van der Waals surface area contributed by atoms with E-state index >= 15 is 0 Å². The molecule has 9 nitrogen and oxygen atoms in total. The summed E-state index contributed by atoms with van der Waals surface area (Å²) in [7, 11) is -3.42. The molecule has 0 radical (unpaired) electrons. The number of piperidine rings is 1. The predicted molar refractivity (Wildman–Crippen MR) is 146 cm³/mol. The Hall–Kier alpha value is -2.82. The molecule has 11 heteroatoms. The van der Waals surface area contributed by atoms with Crippen molar-refractivity contribution in [3.8, 4) is 0 Å². The lowest BCUT2D eigenvalue weighted by molar-refractivity contribution is -0.137. The SMILES string of the molecule is CS(=O)(=O)Nc1ccccc1N1CCN(C(=O)C(Cc2ccc(Cl)cc2)NC(=O)C2CCCCN2)CC1. The Morgan fingerprint density at radius 2 is 1.76 bits per heavy atom. The van der Waals surface area contributed by atoms with E-state index in [0.29, 0.717) is 43.3 Å². The number of nitrogens with zero attached hydrogens (tertiary/aromatic N) is 2. The van der Waals surface area contributed by atoms with Crippen LogP contribution in [0.2, 0.25) is 5.02 Å². The first-order valence-electron chi connectivity index (χ1n) is 12.6. The largest absolute Gasteiger partial charge is 0.366 e.